The second-order valence-corrected chi connectivity index (χ2v) is 4.46. The van der Waals surface area contributed by atoms with Crippen molar-refractivity contribution >= 4 is 5.91 Å². The van der Waals surface area contributed by atoms with E-state index in [-0.39, 0.29) is 24.3 Å². The van der Waals surface area contributed by atoms with Gasteiger partial charge in [0.2, 0.25) is 0 Å². The second kappa shape index (κ2) is 6.96. The summed E-state index contributed by atoms with van der Waals surface area (Å²) in [5, 5.41) is 18.5. The van der Waals surface area contributed by atoms with Crippen molar-refractivity contribution < 1.29 is 19.0 Å². The van der Waals surface area contributed by atoms with Crippen LogP contribution in [-0.2, 0) is 4.74 Å². The molecule has 0 saturated heterocycles. The molecule has 0 aliphatic heterocycles. The number of aromatic amines is 1. The number of aliphatic hydroxyl groups excluding tert-OH is 1. The number of halogens is 1. The van der Waals surface area contributed by atoms with Crippen molar-refractivity contribution in [3.05, 3.63) is 41.8 Å². The Balaban J connectivity index is 2.13. The zero-order valence-corrected chi connectivity index (χ0v) is 11.5. The maximum absolute atomic E-state index is 13.8. The van der Waals surface area contributed by atoms with Crippen molar-refractivity contribution in [3.63, 3.8) is 0 Å². The van der Waals surface area contributed by atoms with Gasteiger partial charge in [-0.3, -0.25) is 9.89 Å². The van der Waals surface area contributed by atoms with Gasteiger partial charge >= 0.3 is 0 Å². The van der Waals surface area contributed by atoms with Gasteiger partial charge in [-0.15, -0.1) is 0 Å². The summed E-state index contributed by atoms with van der Waals surface area (Å²) in [6.07, 6.45) is 0.516. The molecule has 1 heterocycles. The van der Waals surface area contributed by atoms with E-state index < -0.39 is 17.8 Å². The Morgan fingerprint density at radius 1 is 1.52 bits per heavy atom. The fourth-order valence-corrected chi connectivity index (χ4v) is 1.88. The Hall–Kier alpha value is -2.25. The number of methoxy groups -OCH3 is 1. The standard InChI is InChI=1S/C14H16FN3O3/c1-21-8-9(19)6-16-14(20)11-7-17-18-13(11)10-4-2-3-5-12(10)15/h2-5,7,9,19H,6,8H2,1H3,(H,16,20)(H,17,18). The van der Waals surface area contributed by atoms with Crippen LogP contribution in [0.4, 0.5) is 4.39 Å². The van der Waals surface area contributed by atoms with E-state index in [2.05, 4.69) is 15.5 Å². The average molecular weight is 293 g/mol. The first-order valence-corrected chi connectivity index (χ1v) is 6.37. The Morgan fingerprint density at radius 2 is 2.29 bits per heavy atom. The monoisotopic (exact) mass is 293 g/mol. The van der Waals surface area contributed by atoms with E-state index in [1.807, 2.05) is 0 Å². The number of carbonyl (C=O) groups is 1. The molecule has 0 radical (unpaired) electrons. The third kappa shape index (κ3) is 3.65. The number of amides is 1. The topological polar surface area (TPSA) is 87.2 Å². The molecular formula is C14H16FN3O3. The lowest BCUT2D eigenvalue weighted by atomic mass is 10.1. The molecule has 1 atom stereocenters. The largest absolute Gasteiger partial charge is 0.389 e. The predicted octanol–water partition coefficient (Wildman–Crippen LogP) is 0.953. The van der Waals surface area contributed by atoms with Gasteiger partial charge in [-0.25, -0.2) is 4.39 Å². The molecule has 21 heavy (non-hydrogen) atoms. The summed E-state index contributed by atoms with van der Waals surface area (Å²) in [6.45, 7) is 0.153. The predicted molar refractivity (Wildman–Crippen MR) is 74.2 cm³/mol. The number of hydrogen-bond acceptors (Lipinski definition) is 4. The van der Waals surface area contributed by atoms with Crippen LogP contribution >= 0.6 is 0 Å². The summed E-state index contributed by atoms with van der Waals surface area (Å²) in [5.74, 6) is -0.896. The highest BCUT2D eigenvalue weighted by Crippen LogP contribution is 2.23. The molecule has 6 nitrogen and oxygen atoms in total. The highest BCUT2D eigenvalue weighted by molar-refractivity contribution is 5.99. The van der Waals surface area contributed by atoms with Crippen molar-refractivity contribution in [3.8, 4) is 11.3 Å². The molecule has 0 aliphatic rings. The molecule has 2 rings (SSSR count). The summed E-state index contributed by atoms with van der Waals surface area (Å²) >= 11 is 0. The summed E-state index contributed by atoms with van der Waals surface area (Å²) in [6, 6.07) is 6.10. The molecular weight excluding hydrogens is 277 g/mol. The van der Waals surface area contributed by atoms with Crippen LogP contribution in [0, 0.1) is 5.82 Å². The number of carbonyl (C=O) groups excluding carboxylic acids is 1. The minimum Gasteiger partial charge on any atom is -0.389 e. The van der Waals surface area contributed by atoms with Crippen molar-refractivity contribution in [2.45, 2.75) is 6.10 Å². The number of hydrogen-bond donors (Lipinski definition) is 3. The van der Waals surface area contributed by atoms with Crippen LogP contribution < -0.4 is 5.32 Å². The lowest BCUT2D eigenvalue weighted by Crippen LogP contribution is -2.34. The first-order chi connectivity index (χ1) is 10.1. The zero-order valence-electron chi connectivity index (χ0n) is 11.5. The van der Waals surface area contributed by atoms with Crippen LogP contribution in [0.1, 0.15) is 10.4 Å². The van der Waals surface area contributed by atoms with Gasteiger partial charge in [-0.1, -0.05) is 12.1 Å². The highest BCUT2D eigenvalue weighted by atomic mass is 19.1. The number of H-pyrrole nitrogens is 1. The van der Waals surface area contributed by atoms with E-state index in [1.165, 1.54) is 19.4 Å². The summed E-state index contributed by atoms with van der Waals surface area (Å²) in [4.78, 5) is 12.1. The molecule has 0 saturated carbocycles. The normalized spacial score (nSPS) is 12.1. The van der Waals surface area contributed by atoms with Crippen LogP contribution in [0.15, 0.2) is 30.5 Å². The summed E-state index contributed by atoms with van der Waals surface area (Å²) in [5.41, 5.74) is 0.772. The molecule has 0 bridgehead atoms. The molecule has 7 heteroatoms. The molecule has 1 unspecified atom stereocenters. The number of benzene rings is 1. The van der Waals surface area contributed by atoms with E-state index in [4.69, 9.17) is 4.74 Å². The van der Waals surface area contributed by atoms with Crippen molar-refractivity contribution in [1.29, 1.82) is 0 Å². The quantitative estimate of drug-likeness (QED) is 0.740. The molecule has 1 amide bonds. The lowest BCUT2D eigenvalue weighted by molar-refractivity contribution is 0.0610. The van der Waals surface area contributed by atoms with E-state index >= 15 is 0 Å². The van der Waals surface area contributed by atoms with E-state index in [0.717, 1.165) is 0 Å². The Bertz CT molecular complexity index is 615. The number of aliphatic hydroxyl groups is 1. The van der Waals surface area contributed by atoms with Gasteiger partial charge in [0.15, 0.2) is 0 Å². The molecule has 0 spiro atoms. The first-order valence-electron chi connectivity index (χ1n) is 6.37. The summed E-state index contributed by atoms with van der Waals surface area (Å²) in [7, 11) is 1.46. The number of aromatic nitrogens is 2. The smallest absolute Gasteiger partial charge is 0.255 e. The molecule has 0 aliphatic carbocycles. The Labute approximate surface area is 120 Å². The Kier molecular flexibility index (Phi) is 5.02. The van der Waals surface area contributed by atoms with E-state index in [0.29, 0.717) is 5.69 Å². The number of nitrogens with one attached hydrogen (secondary N) is 2. The molecule has 1 aromatic heterocycles. The third-order valence-electron chi connectivity index (χ3n) is 2.88. The average Bonchev–Trinajstić information content (AvgIpc) is 2.95. The van der Waals surface area contributed by atoms with Gasteiger partial charge in [0.25, 0.3) is 5.91 Å². The van der Waals surface area contributed by atoms with Crippen molar-refractivity contribution in [2.75, 3.05) is 20.3 Å². The van der Waals surface area contributed by atoms with Gasteiger partial charge in [0.05, 0.1) is 30.2 Å². The second-order valence-electron chi connectivity index (χ2n) is 4.46. The lowest BCUT2D eigenvalue weighted by Gasteiger charge is -2.11. The van der Waals surface area contributed by atoms with E-state index in [9.17, 15) is 14.3 Å². The van der Waals surface area contributed by atoms with Crippen LogP contribution in [0.2, 0.25) is 0 Å². The molecule has 3 N–H and O–H groups in total. The summed E-state index contributed by atoms with van der Waals surface area (Å²) < 4.78 is 18.5. The fraction of sp³-hybridized carbons (Fsp3) is 0.286. The van der Waals surface area contributed by atoms with Crippen LogP contribution in [0.5, 0.6) is 0 Å². The van der Waals surface area contributed by atoms with E-state index in [1.54, 1.807) is 18.2 Å². The fourth-order valence-electron chi connectivity index (χ4n) is 1.88. The van der Waals surface area contributed by atoms with Gasteiger partial charge in [0, 0.05) is 19.2 Å². The first kappa shape index (κ1) is 15.1. The van der Waals surface area contributed by atoms with Crippen molar-refractivity contribution in [2.24, 2.45) is 0 Å². The van der Waals surface area contributed by atoms with Gasteiger partial charge in [-0.2, -0.15) is 5.10 Å². The van der Waals surface area contributed by atoms with Gasteiger partial charge in [0.1, 0.15) is 5.82 Å². The third-order valence-corrected chi connectivity index (χ3v) is 2.88. The maximum Gasteiger partial charge on any atom is 0.255 e. The van der Waals surface area contributed by atoms with Gasteiger partial charge < -0.3 is 15.2 Å². The molecule has 0 fully saturated rings. The zero-order chi connectivity index (χ0) is 15.2. The maximum atomic E-state index is 13.8. The molecule has 1 aromatic carbocycles. The molecule has 2 aromatic rings. The van der Waals surface area contributed by atoms with Gasteiger partial charge in [-0.05, 0) is 12.1 Å². The molecule has 112 valence electrons. The Morgan fingerprint density at radius 3 is 3.00 bits per heavy atom. The highest BCUT2D eigenvalue weighted by Gasteiger charge is 2.18. The van der Waals surface area contributed by atoms with Crippen molar-refractivity contribution in [1.82, 2.24) is 15.5 Å². The minimum absolute atomic E-state index is 0.0363. The van der Waals surface area contributed by atoms with Crippen LogP contribution in [0.3, 0.4) is 0 Å². The van der Waals surface area contributed by atoms with Crippen LogP contribution in [-0.4, -0.2) is 47.6 Å². The number of ether oxygens (including phenoxy) is 1. The SMILES string of the molecule is COCC(O)CNC(=O)c1cn[nH]c1-c1ccccc1F. The van der Waals surface area contributed by atoms with Crippen LogP contribution in [0.25, 0.3) is 11.3 Å². The number of nitrogens with zero attached hydrogens (tertiary/aromatic N) is 1. The number of rotatable bonds is 6. The minimum atomic E-state index is -0.803.